The second-order valence-corrected chi connectivity index (χ2v) is 6.67. The fourth-order valence-corrected chi connectivity index (χ4v) is 3.56. The SMILES string of the molecule is Cc1ccccc1C(=O)NCCc1sc(-c2ccncc2)nc1C. The van der Waals surface area contributed by atoms with Crippen LogP contribution in [0, 0.1) is 13.8 Å². The predicted octanol–water partition coefficient (Wildman–Crippen LogP) is 3.79. The number of carbonyl (C=O) groups is 1. The van der Waals surface area contributed by atoms with Crippen molar-refractivity contribution >= 4 is 17.2 Å². The lowest BCUT2D eigenvalue weighted by Gasteiger charge is -2.07. The van der Waals surface area contributed by atoms with Crippen molar-refractivity contribution in [3.63, 3.8) is 0 Å². The van der Waals surface area contributed by atoms with Crippen molar-refractivity contribution in [2.45, 2.75) is 20.3 Å². The Balaban J connectivity index is 1.62. The van der Waals surface area contributed by atoms with Crippen LogP contribution in [-0.4, -0.2) is 22.4 Å². The van der Waals surface area contributed by atoms with E-state index in [9.17, 15) is 4.79 Å². The molecule has 24 heavy (non-hydrogen) atoms. The lowest BCUT2D eigenvalue weighted by molar-refractivity contribution is 0.0953. The molecule has 5 heteroatoms. The molecule has 0 fully saturated rings. The van der Waals surface area contributed by atoms with Crippen LogP contribution in [0.1, 0.15) is 26.5 Å². The zero-order valence-corrected chi connectivity index (χ0v) is 14.6. The summed E-state index contributed by atoms with van der Waals surface area (Å²) in [5.41, 5.74) is 3.82. The van der Waals surface area contributed by atoms with Crippen LogP contribution in [0.5, 0.6) is 0 Å². The lowest BCUT2D eigenvalue weighted by Crippen LogP contribution is -2.26. The molecule has 0 aliphatic carbocycles. The molecule has 0 spiro atoms. The Morgan fingerprint density at radius 2 is 1.88 bits per heavy atom. The number of thiazole rings is 1. The Bertz CT molecular complexity index is 843. The van der Waals surface area contributed by atoms with Gasteiger partial charge in [-0.2, -0.15) is 0 Å². The molecule has 0 saturated carbocycles. The highest BCUT2D eigenvalue weighted by Crippen LogP contribution is 2.27. The molecular formula is C19H19N3OS. The predicted molar refractivity (Wildman–Crippen MR) is 97.3 cm³/mol. The number of hydrogen-bond donors (Lipinski definition) is 1. The molecule has 3 aromatic rings. The molecule has 0 radical (unpaired) electrons. The van der Waals surface area contributed by atoms with Gasteiger partial charge in [-0.25, -0.2) is 4.98 Å². The van der Waals surface area contributed by atoms with Gasteiger partial charge in [-0.1, -0.05) is 18.2 Å². The third-order valence-electron chi connectivity index (χ3n) is 3.85. The van der Waals surface area contributed by atoms with E-state index in [0.717, 1.165) is 33.8 Å². The largest absolute Gasteiger partial charge is 0.352 e. The Morgan fingerprint density at radius 3 is 2.62 bits per heavy atom. The van der Waals surface area contributed by atoms with Crippen LogP contribution in [0.4, 0.5) is 0 Å². The fourth-order valence-electron chi connectivity index (χ4n) is 2.49. The topological polar surface area (TPSA) is 54.9 Å². The van der Waals surface area contributed by atoms with E-state index in [1.807, 2.05) is 50.2 Å². The third-order valence-corrected chi connectivity index (χ3v) is 5.11. The number of benzene rings is 1. The average molecular weight is 337 g/mol. The lowest BCUT2D eigenvalue weighted by atomic mass is 10.1. The maximum Gasteiger partial charge on any atom is 0.251 e. The van der Waals surface area contributed by atoms with Gasteiger partial charge in [-0.05, 0) is 37.6 Å². The van der Waals surface area contributed by atoms with Gasteiger partial charge in [0, 0.05) is 41.4 Å². The normalized spacial score (nSPS) is 10.6. The van der Waals surface area contributed by atoms with E-state index >= 15 is 0 Å². The van der Waals surface area contributed by atoms with E-state index in [-0.39, 0.29) is 5.91 Å². The van der Waals surface area contributed by atoms with E-state index in [1.165, 1.54) is 4.88 Å². The highest BCUT2D eigenvalue weighted by molar-refractivity contribution is 7.15. The van der Waals surface area contributed by atoms with Gasteiger partial charge in [-0.3, -0.25) is 9.78 Å². The highest BCUT2D eigenvalue weighted by atomic mass is 32.1. The number of hydrogen-bond acceptors (Lipinski definition) is 4. The van der Waals surface area contributed by atoms with Gasteiger partial charge in [0.05, 0.1) is 5.69 Å². The molecule has 122 valence electrons. The summed E-state index contributed by atoms with van der Waals surface area (Å²) in [5.74, 6) is -0.0235. The number of rotatable bonds is 5. The monoisotopic (exact) mass is 337 g/mol. The average Bonchev–Trinajstić information content (AvgIpc) is 2.97. The zero-order chi connectivity index (χ0) is 16.9. The Kier molecular flexibility index (Phi) is 5.01. The summed E-state index contributed by atoms with van der Waals surface area (Å²) in [6.07, 6.45) is 4.33. The van der Waals surface area contributed by atoms with Gasteiger partial charge in [0.25, 0.3) is 5.91 Å². The minimum absolute atomic E-state index is 0.0235. The van der Waals surface area contributed by atoms with Crippen LogP contribution in [0.15, 0.2) is 48.8 Å². The highest BCUT2D eigenvalue weighted by Gasteiger charge is 2.11. The first-order valence-electron chi connectivity index (χ1n) is 7.85. The summed E-state index contributed by atoms with van der Waals surface area (Å²) >= 11 is 1.67. The standard InChI is InChI=1S/C19H19N3OS/c1-13-5-3-4-6-16(13)18(23)21-12-9-17-14(2)22-19(24-17)15-7-10-20-11-8-15/h3-8,10-11H,9,12H2,1-2H3,(H,21,23). The Labute approximate surface area is 145 Å². The molecule has 0 saturated heterocycles. The van der Waals surface area contributed by atoms with Gasteiger partial charge in [0.15, 0.2) is 0 Å². The van der Waals surface area contributed by atoms with Crippen LogP contribution in [-0.2, 0) is 6.42 Å². The molecule has 0 unspecified atom stereocenters. The molecule has 1 aromatic carbocycles. The minimum atomic E-state index is -0.0235. The van der Waals surface area contributed by atoms with Crippen molar-refractivity contribution in [1.29, 1.82) is 0 Å². The smallest absolute Gasteiger partial charge is 0.251 e. The number of pyridine rings is 1. The molecule has 0 aliphatic rings. The second-order valence-electron chi connectivity index (χ2n) is 5.58. The van der Waals surface area contributed by atoms with E-state index < -0.39 is 0 Å². The van der Waals surface area contributed by atoms with Gasteiger partial charge < -0.3 is 5.32 Å². The van der Waals surface area contributed by atoms with Gasteiger partial charge >= 0.3 is 0 Å². The number of aryl methyl sites for hydroxylation is 2. The van der Waals surface area contributed by atoms with Crippen molar-refractivity contribution in [3.05, 3.63) is 70.5 Å². The summed E-state index contributed by atoms with van der Waals surface area (Å²) in [4.78, 5) is 22.1. The summed E-state index contributed by atoms with van der Waals surface area (Å²) in [6, 6.07) is 11.5. The summed E-state index contributed by atoms with van der Waals surface area (Å²) in [6.45, 7) is 4.56. The summed E-state index contributed by atoms with van der Waals surface area (Å²) < 4.78 is 0. The molecule has 0 aliphatic heterocycles. The molecular weight excluding hydrogens is 318 g/mol. The summed E-state index contributed by atoms with van der Waals surface area (Å²) in [7, 11) is 0. The third kappa shape index (κ3) is 3.68. The molecule has 0 atom stereocenters. The van der Waals surface area contributed by atoms with Crippen molar-refractivity contribution in [3.8, 4) is 10.6 Å². The van der Waals surface area contributed by atoms with Crippen molar-refractivity contribution in [1.82, 2.24) is 15.3 Å². The fraction of sp³-hybridized carbons (Fsp3) is 0.211. The van der Waals surface area contributed by atoms with E-state index in [4.69, 9.17) is 0 Å². The van der Waals surface area contributed by atoms with Crippen LogP contribution in [0.25, 0.3) is 10.6 Å². The van der Waals surface area contributed by atoms with Gasteiger partial charge in [0.2, 0.25) is 0 Å². The van der Waals surface area contributed by atoms with Crippen molar-refractivity contribution in [2.75, 3.05) is 6.54 Å². The number of nitrogens with one attached hydrogen (secondary N) is 1. The van der Waals surface area contributed by atoms with Crippen LogP contribution in [0.3, 0.4) is 0 Å². The second kappa shape index (κ2) is 7.36. The molecule has 1 amide bonds. The molecule has 3 rings (SSSR count). The van der Waals surface area contributed by atoms with Crippen LogP contribution < -0.4 is 5.32 Å². The van der Waals surface area contributed by atoms with Gasteiger partial charge in [0.1, 0.15) is 5.01 Å². The van der Waals surface area contributed by atoms with Gasteiger partial charge in [-0.15, -0.1) is 11.3 Å². The first-order valence-corrected chi connectivity index (χ1v) is 8.67. The Hall–Kier alpha value is -2.53. The van der Waals surface area contributed by atoms with E-state index in [0.29, 0.717) is 6.54 Å². The van der Waals surface area contributed by atoms with Crippen molar-refractivity contribution in [2.24, 2.45) is 0 Å². The molecule has 2 heterocycles. The molecule has 2 aromatic heterocycles. The number of nitrogens with zero attached hydrogens (tertiary/aromatic N) is 2. The van der Waals surface area contributed by atoms with Crippen LogP contribution in [0.2, 0.25) is 0 Å². The molecule has 0 bridgehead atoms. The minimum Gasteiger partial charge on any atom is -0.352 e. The molecule has 1 N–H and O–H groups in total. The number of carbonyl (C=O) groups excluding carboxylic acids is 1. The van der Waals surface area contributed by atoms with Crippen molar-refractivity contribution < 1.29 is 4.79 Å². The number of amides is 1. The maximum atomic E-state index is 12.2. The maximum absolute atomic E-state index is 12.2. The zero-order valence-electron chi connectivity index (χ0n) is 13.7. The quantitative estimate of drug-likeness (QED) is 0.770. The Morgan fingerprint density at radius 1 is 1.12 bits per heavy atom. The molecule has 4 nitrogen and oxygen atoms in total. The van der Waals surface area contributed by atoms with E-state index in [2.05, 4.69) is 15.3 Å². The first-order chi connectivity index (χ1) is 11.6. The van der Waals surface area contributed by atoms with Crippen LogP contribution >= 0.6 is 11.3 Å². The number of aromatic nitrogens is 2. The first kappa shape index (κ1) is 16.3. The summed E-state index contributed by atoms with van der Waals surface area (Å²) in [5, 5.41) is 3.99. The van der Waals surface area contributed by atoms with E-state index in [1.54, 1.807) is 23.7 Å².